The van der Waals surface area contributed by atoms with Crippen LogP contribution in [0.4, 0.5) is 0 Å². The van der Waals surface area contributed by atoms with E-state index in [1.54, 1.807) is 0 Å². The average Bonchev–Trinajstić information content (AvgIpc) is 2.67. The lowest BCUT2D eigenvalue weighted by atomic mass is 9.99. The number of likely N-dealkylation sites (tertiary alicyclic amines) is 1. The number of rotatable bonds is 4. The molecule has 5 heteroatoms. The minimum Gasteiger partial charge on any atom is -0.356 e. The number of hydrogen-bond acceptors (Lipinski definition) is 2. The number of piperidine rings is 1. The summed E-state index contributed by atoms with van der Waals surface area (Å²) in [6.07, 6.45) is 4.96. The summed E-state index contributed by atoms with van der Waals surface area (Å²) in [5.74, 6) is 1.98. The summed E-state index contributed by atoms with van der Waals surface area (Å²) in [7, 11) is 1.85. The Bertz CT molecular complexity index is 643. The first kappa shape index (κ1) is 18.7. The Hall–Kier alpha value is -2.04. The molecular weight excluding hydrogens is 324 g/mol. The lowest BCUT2D eigenvalue weighted by molar-refractivity contribution is -0.132. The summed E-state index contributed by atoms with van der Waals surface area (Å²) >= 11 is 0. The van der Waals surface area contributed by atoms with Gasteiger partial charge in [-0.2, -0.15) is 0 Å². The lowest BCUT2D eigenvalue weighted by Gasteiger charge is -2.33. The van der Waals surface area contributed by atoms with Crippen LogP contribution in [0.15, 0.2) is 29.3 Å². The van der Waals surface area contributed by atoms with Gasteiger partial charge in [0.05, 0.1) is 0 Å². The van der Waals surface area contributed by atoms with E-state index in [1.807, 2.05) is 11.9 Å². The maximum absolute atomic E-state index is 12.5. The molecule has 1 N–H and O–H groups in total. The van der Waals surface area contributed by atoms with Gasteiger partial charge in [-0.1, -0.05) is 31.2 Å². The van der Waals surface area contributed by atoms with E-state index in [0.717, 1.165) is 57.4 Å². The zero-order valence-electron chi connectivity index (χ0n) is 16.2. The first-order chi connectivity index (χ1) is 12.7. The van der Waals surface area contributed by atoms with Crippen molar-refractivity contribution in [1.29, 1.82) is 0 Å². The third-order valence-corrected chi connectivity index (χ3v) is 5.50. The van der Waals surface area contributed by atoms with E-state index in [0.29, 0.717) is 6.42 Å². The summed E-state index contributed by atoms with van der Waals surface area (Å²) in [5.41, 5.74) is 2.68. The molecule has 1 aromatic carbocycles. The van der Waals surface area contributed by atoms with E-state index in [2.05, 4.69) is 46.4 Å². The van der Waals surface area contributed by atoms with Crippen molar-refractivity contribution in [3.63, 3.8) is 0 Å². The molecule has 3 rings (SSSR count). The van der Waals surface area contributed by atoms with Gasteiger partial charge in [0, 0.05) is 46.2 Å². The molecule has 0 radical (unpaired) electrons. The van der Waals surface area contributed by atoms with Gasteiger partial charge in [-0.3, -0.25) is 9.79 Å². The Kier molecular flexibility index (Phi) is 6.53. The van der Waals surface area contributed by atoms with Gasteiger partial charge in [-0.25, -0.2) is 0 Å². The number of carbonyl (C=O) groups excluding carboxylic acids is 1. The smallest absolute Gasteiger partial charge is 0.222 e. The second kappa shape index (κ2) is 9.06. The predicted molar refractivity (Wildman–Crippen MR) is 106 cm³/mol. The molecule has 1 fully saturated rings. The van der Waals surface area contributed by atoms with Gasteiger partial charge in [0.1, 0.15) is 0 Å². The fraction of sp³-hybridized carbons (Fsp3) is 0.619. The standard InChI is InChI=1S/C21H32N4O/c1-17-7-6-13-25(15-17)21(22-2)23-12-5-10-20(26)24-14-11-18-8-3-4-9-19(18)16-24/h3-4,8-9,17H,5-7,10-16H2,1-2H3,(H,22,23). The van der Waals surface area contributed by atoms with Crippen molar-refractivity contribution in [3.8, 4) is 0 Å². The van der Waals surface area contributed by atoms with Crippen molar-refractivity contribution in [3.05, 3.63) is 35.4 Å². The van der Waals surface area contributed by atoms with Crippen molar-refractivity contribution < 1.29 is 4.79 Å². The Morgan fingerprint density at radius 1 is 1.23 bits per heavy atom. The highest BCUT2D eigenvalue weighted by Crippen LogP contribution is 2.19. The van der Waals surface area contributed by atoms with Gasteiger partial charge in [0.25, 0.3) is 0 Å². The summed E-state index contributed by atoms with van der Waals surface area (Å²) in [5, 5.41) is 3.44. The molecule has 1 amide bonds. The molecule has 0 bridgehead atoms. The number of benzene rings is 1. The second-order valence-corrected chi connectivity index (χ2v) is 7.60. The van der Waals surface area contributed by atoms with Crippen molar-refractivity contribution >= 4 is 11.9 Å². The normalized spacial score (nSPS) is 20.7. The van der Waals surface area contributed by atoms with Gasteiger partial charge in [0.2, 0.25) is 5.91 Å². The van der Waals surface area contributed by atoms with E-state index < -0.39 is 0 Å². The Balaban J connectivity index is 1.40. The number of nitrogens with one attached hydrogen (secondary N) is 1. The average molecular weight is 357 g/mol. The molecule has 2 heterocycles. The minimum atomic E-state index is 0.267. The second-order valence-electron chi connectivity index (χ2n) is 7.60. The SMILES string of the molecule is CN=C(NCCCC(=O)N1CCc2ccccc2C1)N1CCCC(C)C1. The van der Waals surface area contributed by atoms with E-state index in [-0.39, 0.29) is 5.91 Å². The summed E-state index contributed by atoms with van der Waals surface area (Å²) in [6.45, 7) is 6.86. The van der Waals surface area contributed by atoms with Crippen LogP contribution in [-0.2, 0) is 17.8 Å². The summed E-state index contributed by atoms with van der Waals surface area (Å²) < 4.78 is 0. The number of nitrogens with zero attached hydrogens (tertiary/aromatic N) is 3. The van der Waals surface area contributed by atoms with Gasteiger partial charge < -0.3 is 15.1 Å². The molecule has 0 saturated carbocycles. The molecule has 2 aliphatic rings. The number of fused-ring (bicyclic) bond motifs is 1. The first-order valence-electron chi connectivity index (χ1n) is 9.97. The number of guanidine groups is 1. The van der Waals surface area contributed by atoms with Crippen LogP contribution >= 0.6 is 0 Å². The number of carbonyl (C=O) groups is 1. The largest absolute Gasteiger partial charge is 0.356 e. The van der Waals surface area contributed by atoms with E-state index in [4.69, 9.17) is 0 Å². The van der Waals surface area contributed by atoms with Gasteiger partial charge in [-0.15, -0.1) is 0 Å². The Morgan fingerprint density at radius 2 is 2.04 bits per heavy atom. The van der Waals surface area contributed by atoms with Crippen molar-refractivity contribution in [2.45, 2.75) is 45.6 Å². The monoisotopic (exact) mass is 356 g/mol. The molecule has 26 heavy (non-hydrogen) atoms. The highest BCUT2D eigenvalue weighted by atomic mass is 16.2. The molecular formula is C21H32N4O. The highest BCUT2D eigenvalue weighted by Gasteiger charge is 2.21. The first-order valence-corrected chi connectivity index (χ1v) is 9.97. The zero-order chi connectivity index (χ0) is 18.4. The highest BCUT2D eigenvalue weighted by molar-refractivity contribution is 5.80. The molecule has 1 atom stereocenters. The maximum atomic E-state index is 12.5. The molecule has 0 aliphatic carbocycles. The number of hydrogen-bond donors (Lipinski definition) is 1. The van der Waals surface area contributed by atoms with E-state index in [1.165, 1.54) is 24.0 Å². The molecule has 0 spiro atoms. The summed E-state index contributed by atoms with van der Waals surface area (Å²) in [6, 6.07) is 8.45. The van der Waals surface area contributed by atoms with E-state index in [9.17, 15) is 4.79 Å². The van der Waals surface area contributed by atoms with Crippen LogP contribution in [-0.4, -0.2) is 54.9 Å². The van der Waals surface area contributed by atoms with E-state index >= 15 is 0 Å². The van der Waals surface area contributed by atoms with Crippen molar-refractivity contribution in [1.82, 2.24) is 15.1 Å². The fourth-order valence-electron chi connectivity index (χ4n) is 4.02. The maximum Gasteiger partial charge on any atom is 0.222 e. The van der Waals surface area contributed by atoms with Gasteiger partial charge in [0.15, 0.2) is 5.96 Å². The molecule has 1 unspecified atom stereocenters. The summed E-state index contributed by atoms with van der Waals surface area (Å²) in [4.78, 5) is 21.3. The predicted octanol–water partition coefficient (Wildman–Crippen LogP) is 2.66. The van der Waals surface area contributed by atoms with Crippen LogP contribution in [0.25, 0.3) is 0 Å². The minimum absolute atomic E-state index is 0.267. The fourth-order valence-corrected chi connectivity index (χ4v) is 4.02. The Morgan fingerprint density at radius 3 is 2.81 bits per heavy atom. The number of amides is 1. The topological polar surface area (TPSA) is 47.9 Å². The Labute approximate surface area is 157 Å². The molecule has 1 aromatic rings. The van der Waals surface area contributed by atoms with Crippen LogP contribution in [0.3, 0.4) is 0 Å². The van der Waals surface area contributed by atoms with Crippen molar-refractivity contribution in [2.24, 2.45) is 10.9 Å². The molecule has 142 valence electrons. The number of aliphatic imine (C=N–C) groups is 1. The molecule has 0 aromatic heterocycles. The molecule has 5 nitrogen and oxygen atoms in total. The van der Waals surface area contributed by atoms with Crippen molar-refractivity contribution in [2.75, 3.05) is 33.2 Å². The van der Waals surface area contributed by atoms with Crippen LogP contribution in [0.2, 0.25) is 0 Å². The quantitative estimate of drug-likeness (QED) is 0.513. The third kappa shape index (κ3) is 4.77. The van der Waals surface area contributed by atoms with Crippen LogP contribution in [0.1, 0.15) is 43.7 Å². The van der Waals surface area contributed by atoms with Crippen LogP contribution < -0.4 is 5.32 Å². The van der Waals surface area contributed by atoms with Crippen LogP contribution in [0.5, 0.6) is 0 Å². The van der Waals surface area contributed by atoms with Crippen LogP contribution in [0, 0.1) is 5.92 Å². The third-order valence-electron chi connectivity index (χ3n) is 5.50. The molecule has 2 aliphatic heterocycles. The zero-order valence-corrected chi connectivity index (χ0v) is 16.2. The van der Waals surface area contributed by atoms with Gasteiger partial charge >= 0.3 is 0 Å². The lowest BCUT2D eigenvalue weighted by Crippen LogP contribution is -2.46. The van der Waals surface area contributed by atoms with Gasteiger partial charge in [-0.05, 0) is 42.7 Å². The molecule has 1 saturated heterocycles.